The largest absolute Gasteiger partial charge is 0.490 e. The summed E-state index contributed by atoms with van der Waals surface area (Å²) >= 11 is 0. The van der Waals surface area contributed by atoms with Crippen molar-refractivity contribution in [3.63, 3.8) is 0 Å². The number of aromatic nitrogens is 1. The average molecular weight is 507 g/mol. The maximum Gasteiger partial charge on any atom is 0.194 e. The molecule has 1 aromatic carbocycles. The number of nitrogens with one attached hydrogen (secondary N) is 1. The fraction of sp³-hybridized carbons (Fsp3) is 0.455. The van der Waals surface area contributed by atoms with Crippen LogP contribution in [0.1, 0.15) is 24.8 Å². The highest BCUT2D eigenvalue weighted by Gasteiger charge is 2.22. The smallest absolute Gasteiger partial charge is 0.194 e. The molecular formula is C22H30IN5O. The Labute approximate surface area is 190 Å². The standard InChI is InChI=1S/C22H29N5O.HI/c1-23-22(27-15-13-26(14-16-27)21-11-4-5-12-24-21)25-17-18-7-2-3-10-20(18)28-19-8-6-9-19;/h2-5,7,10-12,19H,6,8-9,13-17H2,1H3,(H,23,25);1H. The number of anilines is 1. The average Bonchev–Trinajstić information content (AvgIpc) is 2.73. The van der Waals surface area contributed by atoms with Gasteiger partial charge in [-0.05, 0) is 37.5 Å². The lowest BCUT2D eigenvalue weighted by Crippen LogP contribution is -2.52. The summed E-state index contributed by atoms with van der Waals surface area (Å²) in [5.41, 5.74) is 1.18. The fourth-order valence-corrected chi connectivity index (χ4v) is 3.63. The van der Waals surface area contributed by atoms with E-state index in [1.165, 1.54) is 24.8 Å². The summed E-state index contributed by atoms with van der Waals surface area (Å²) < 4.78 is 6.15. The van der Waals surface area contributed by atoms with Crippen LogP contribution in [0.4, 0.5) is 5.82 Å². The predicted octanol–water partition coefficient (Wildman–Crippen LogP) is 3.53. The lowest BCUT2D eigenvalue weighted by molar-refractivity contribution is 0.119. The Balaban J connectivity index is 0.00000240. The monoisotopic (exact) mass is 507 g/mol. The summed E-state index contributed by atoms with van der Waals surface area (Å²) in [5, 5.41) is 3.52. The van der Waals surface area contributed by atoms with Gasteiger partial charge in [0.05, 0.1) is 6.10 Å². The van der Waals surface area contributed by atoms with Crippen LogP contribution in [0.3, 0.4) is 0 Å². The highest BCUT2D eigenvalue weighted by atomic mass is 127. The first-order valence-corrected chi connectivity index (χ1v) is 10.2. The zero-order valence-electron chi connectivity index (χ0n) is 17.0. The van der Waals surface area contributed by atoms with Crippen molar-refractivity contribution in [2.24, 2.45) is 4.99 Å². The number of hydrogen-bond donors (Lipinski definition) is 1. The number of ether oxygens (including phenoxy) is 1. The number of nitrogens with zero attached hydrogens (tertiary/aromatic N) is 4. The number of guanidine groups is 1. The zero-order valence-corrected chi connectivity index (χ0v) is 19.3. The van der Waals surface area contributed by atoms with Gasteiger partial charge in [0.25, 0.3) is 0 Å². The maximum absolute atomic E-state index is 6.15. The Morgan fingerprint density at radius 1 is 1.10 bits per heavy atom. The van der Waals surface area contributed by atoms with E-state index in [1.807, 2.05) is 31.4 Å². The first kappa shape index (κ1) is 21.7. The molecule has 1 N–H and O–H groups in total. The summed E-state index contributed by atoms with van der Waals surface area (Å²) in [4.78, 5) is 13.6. The van der Waals surface area contributed by atoms with Crippen molar-refractivity contribution in [2.75, 3.05) is 38.1 Å². The van der Waals surface area contributed by atoms with Gasteiger partial charge in [-0.2, -0.15) is 0 Å². The Hall–Kier alpha value is -2.03. The molecule has 0 atom stereocenters. The van der Waals surface area contributed by atoms with Crippen LogP contribution in [0.2, 0.25) is 0 Å². The van der Waals surface area contributed by atoms with Crippen LogP contribution in [0, 0.1) is 0 Å². The van der Waals surface area contributed by atoms with Crippen molar-refractivity contribution in [3.05, 3.63) is 54.2 Å². The fourth-order valence-electron chi connectivity index (χ4n) is 3.63. The van der Waals surface area contributed by atoms with Crippen LogP contribution in [-0.4, -0.2) is 55.2 Å². The lowest BCUT2D eigenvalue weighted by atomic mass is 9.96. The summed E-state index contributed by atoms with van der Waals surface area (Å²) in [6.07, 6.45) is 5.86. The minimum atomic E-state index is 0. The minimum absolute atomic E-state index is 0. The first-order valence-electron chi connectivity index (χ1n) is 10.2. The molecule has 0 radical (unpaired) electrons. The van der Waals surface area contributed by atoms with Gasteiger partial charge in [0.2, 0.25) is 0 Å². The number of piperazine rings is 1. The molecule has 0 unspecified atom stereocenters. The molecule has 29 heavy (non-hydrogen) atoms. The second-order valence-electron chi connectivity index (χ2n) is 7.34. The Bertz CT molecular complexity index is 789. The van der Waals surface area contributed by atoms with Crippen LogP contribution in [0.5, 0.6) is 5.75 Å². The van der Waals surface area contributed by atoms with E-state index in [1.54, 1.807) is 0 Å². The van der Waals surface area contributed by atoms with Crippen LogP contribution < -0.4 is 15.0 Å². The molecule has 2 fully saturated rings. The van der Waals surface area contributed by atoms with E-state index in [2.05, 4.69) is 49.4 Å². The Morgan fingerprint density at radius 3 is 2.52 bits per heavy atom. The second kappa shape index (κ2) is 10.7. The number of para-hydroxylation sites is 1. The number of pyridine rings is 1. The third-order valence-corrected chi connectivity index (χ3v) is 5.52. The molecule has 4 rings (SSSR count). The topological polar surface area (TPSA) is 53.0 Å². The molecule has 1 aliphatic carbocycles. The molecule has 1 aliphatic heterocycles. The molecular weight excluding hydrogens is 477 g/mol. The van der Waals surface area contributed by atoms with Crippen molar-refractivity contribution in [1.29, 1.82) is 0 Å². The minimum Gasteiger partial charge on any atom is -0.490 e. The SMILES string of the molecule is CN=C(NCc1ccccc1OC1CCC1)N1CCN(c2ccccn2)CC1.I. The van der Waals surface area contributed by atoms with Crippen LogP contribution >= 0.6 is 24.0 Å². The molecule has 2 aliphatic rings. The van der Waals surface area contributed by atoms with Gasteiger partial charge in [0, 0.05) is 51.5 Å². The zero-order chi connectivity index (χ0) is 19.2. The molecule has 1 saturated heterocycles. The number of rotatable bonds is 5. The molecule has 6 nitrogen and oxygen atoms in total. The van der Waals surface area contributed by atoms with E-state index in [9.17, 15) is 0 Å². The van der Waals surface area contributed by atoms with Crippen molar-refractivity contribution in [1.82, 2.24) is 15.2 Å². The molecule has 156 valence electrons. The molecule has 0 bridgehead atoms. The summed E-state index contributed by atoms with van der Waals surface area (Å²) in [5.74, 6) is 2.99. The van der Waals surface area contributed by atoms with Crippen molar-refractivity contribution in [3.8, 4) is 5.75 Å². The van der Waals surface area contributed by atoms with E-state index < -0.39 is 0 Å². The Kier molecular flexibility index (Phi) is 7.97. The molecule has 0 amide bonds. The number of aliphatic imine (C=N–C) groups is 1. The van der Waals surface area contributed by atoms with E-state index >= 15 is 0 Å². The summed E-state index contributed by atoms with van der Waals surface area (Å²) in [7, 11) is 1.85. The van der Waals surface area contributed by atoms with E-state index in [-0.39, 0.29) is 24.0 Å². The Morgan fingerprint density at radius 2 is 1.86 bits per heavy atom. The normalized spacial score (nSPS) is 17.3. The highest BCUT2D eigenvalue weighted by Crippen LogP contribution is 2.27. The van der Waals surface area contributed by atoms with Gasteiger partial charge in [-0.15, -0.1) is 24.0 Å². The quantitative estimate of drug-likeness (QED) is 0.382. The molecule has 0 spiro atoms. The van der Waals surface area contributed by atoms with Gasteiger partial charge < -0.3 is 19.9 Å². The molecule has 1 aromatic heterocycles. The number of halogens is 1. The third-order valence-electron chi connectivity index (χ3n) is 5.52. The van der Waals surface area contributed by atoms with Crippen molar-refractivity contribution < 1.29 is 4.74 Å². The van der Waals surface area contributed by atoms with E-state index in [4.69, 9.17) is 4.74 Å². The maximum atomic E-state index is 6.15. The van der Waals surface area contributed by atoms with Gasteiger partial charge in [0.1, 0.15) is 11.6 Å². The van der Waals surface area contributed by atoms with Gasteiger partial charge in [-0.3, -0.25) is 4.99 Å². The summed E-state index contributed by atoms with van der Waals surface area (Å²) in [6.45, 7) is 4.46. The van der Waals surface area contributed by atoms with Gasteiger partial charge >= 0.3 is 0 Å². The molecule has 2 aromatic rings. The van der Waals surface area contributed by atoms with Crippen LogP contribution in [-0.2, 0) is 6.54 Å². The number of benzene rings is 1. The third kappa shape index (κ3) is 5.52. The second-order valence-corrected chi connectivity index (χ2v) is 7.34. The van der Waals surface area contributed by atoms with Crippen LogP contribution in [0.15, 0.2) is 53.7 Å². The van der Waals surface area contributed by atoms with Gasteiger partial charge in [-0.25, -0.2) is 4.98 Å². The van der Waals surface area contributed by atoms with Gasteiger partial charge in [-0.1, -0.05) is 24.3 Å². The lowest BCUT2D eigenvalue weighted by Gasteiger charge is -2.37. The number of hydrogen-bond acceptors (Lipinski definition) is 4. The van der Waals surface area contributed by atoms with Crippen LogP contribution in [0.25, 0.3) is 0 Å². The van der Waals surface area contributed by atoms with Gasteiger partial charge in [0.15, 0.2) is 5.96 Å². The molecule has 7 heteroatoms. The van der Waals surface area contributed by atoms with Crippen molar-refractivity contribution >= 4 is 35.8 Å². The predicted molar refractivity (Wildman–Crippen MR) is 128 cm³/mol. The molecule has 1 saturated carbocycles. The van der Waals surface area contributed by atoms with E-state index in [0.29, 0.717) is 6.10 Å². The van der Waals surface area contributed by atoms with Crippen molar-refractivity contribution in [2.45, 2.75) is 31.9 Å². The first-order chi connectivity index (χ1) is 13.8. The highest BCUT2D eigenvalue weighted by molar-refractivity contribution is 14.0. The van der Waals surface area contributed by atoms with E-state index in [0.717, 1.165) is 50.3 Å². The summed E-state index contributed by atoms with van der Waals surface area (Å²) in [6, 6.07) is 14.4. The molecule has 2 heterocycles.